The molecule has 18 heavy (non-hydrogen) atoms. The summed E-state index contributed by atoms with van der Waals surface area (Å²) in [6, 6.07) is 0. The molecule has 0 heterocycles. The summed E-state index contributed by atoms with van der Waals surface area (Å²) in [4.78, 5) is 16.8. The SMILES string of the molecule is C=CCO/N=C/C[C@@H](C)C(C)[C@H]1C(=O)CCC1C. The van der Waals surface area contributed by atoms with Gasteiger partial charge in [0, 0.05) is 18.6 Å². The smallest absolute Gasteiger partial charge is 0.136 e. The van der Waals surface area contributed by atoms with Gasteiger partial charge in [0.05, 0.1) is 0 Å². The average molecular weight is 251 g/mol. The summed E-state index contributed by atoms with van der Waals surface area (Å²) in [5, 5.41) is 3.87. The van der Waals surface area contributed by atoms with E-state index in [4.69, 9.17) is 4.84 Å². The van der Waals surface area contributed by atoms with Gasteiger partial charge in [-0.25, -0.2) is 0 Å². The number of carbonyl (C=O) groups excluding carboxylic acids is 1. The van der Waals surface area contributed by atoms with Crippen molar-refractivity contribution in [3.8, 4) is 0 Å². The predicted octanol–water partition coefficient (Wildman–Crippen LogP) is 3.45. The maximum atomic E-state index is 11.9. The molecule has 0 spiro atoms. The van der Waals surface area contributed by atoms with E-state index in [1.807, 2.05) is 0 Å². The van der Waals surface area contributed by atoms with E-state index in [9.17, 15) is 4.79 Å². The molecule has 0 amide bonds. The van der Waals surface area contributed by atoms with Crippen molar-refractivity contribution in [3.63, 3.8) is 0 Å². The number of hydrogen-bond acceptors (Lipinski definition) is 3. The standard InChI is InChI=1S/C15H25NO2/c1-5-10-18-16-9-8-11(2)13(4)15-12(3)6-7-14(15)17/h5,9,11-13,15H,1,6-8,10H2,2-4H3/b16-9+/t11-,12?,13?,15+/m1/s1. The first kappa shape index (κ1) is 14.9. The molecule has 0 aromatic carbocycles. The van der Waals surface area contributed by atoms with Gasteiger partial charge in [-0.1, -0.05) is 38.6 Å². The van der Waals surface area contributed by atoms with Crippen LogP contribution < -0.4 is 0 Å². The van der Waals surface area contributed by atoms with Gasteiger partial charge in [0.25, 0.3) is 0 Å². The third-order valence-electron chi connectivity index (χ3n) is 4.11. The number of hydrogen-bond donors (Lipinski definition) is 0. The molecule has 3 heteroatoms. The van der Waals surface area contributed by atoms with Crippen LogP contribution in [0.25, 0.3) is 0 Å². The zero-order chi connectivity index (χ0) is 13.5. The Morgan fingerprint density at radius 1 is 1.56 bits per heavy atom. The van der Waals surface area contributed by atoms with Gasteiger partial charge in [-0.15, -0.1) is 0 Å². The van der Waals surface area contributed by atoms with Gasteiger partial charge in [0.2, 0.25) is 0 Å². The topological polar surface area (TPSA) is 38.7 Å². The molecule has 0 N–H and O–H groups in total. The second kappa shape index (κ2) is 7.34. The van der Waals surface area contributed by atoms with E-state index >= 15 is 0 Å². The van der Waals surface area contributed by atoms with E-state index < -0.39 is 0 Å². The largest absolute Gasteiger partial charge is 0.392 e. The highest BCUT2D eigenvalue weighted by Gasteiger charge is 2.37. The highest BCUT2D eigenvalue weighted by Crippen LogP contribution is 2.37. The quantitative estimate of drug-likeness (QED) is 0.301. The van der Waals surface area contributed by atoms with Crippen molar-refractivity contribution in [1.29, 1.82) is 0 Å². The second-order valence-corrected chi connectivity index (χ2v) is 5.45. The van der Waals surface area contributed by atoms with Crippen LogP contribution in [0, 0.1) is 23.7 Å². The fourth-order valence-corrected chi connectivity index (χ4v) is 2.77. The minimum atomic E-state index is 0.238. The normalized spacial score (nSPS) is 27.4. The first-order valence-corrected chi connectivity index (χ1v) is 6.85. The van der Waals surface area contributed by atoms with Gasteiger partial charge in [0.15, 0.2) is 0 Å². The fourth-order valence-electron chi connectivity index (χ4n) is 2.77. The lowest BCUT2D eigenvalue weighted by atomic mass is 9.77. The molecule has 2 unspecified atom stereocenters. The number of oxime groups is 1. The van der Waals surface area contributed by atoms with Crippen LogP contribution in [-0.4, -0.2) is 18.6 Å². The molecule has 0 saturated heterocycles. The lowest BCUT2D eigenvalue weighted by molar-refractivity contribution is -0.123. The summed E-state index contributed by atoms with van der Waals surface area (Å²) in [5.41, 5.74) is 0. The maximum Gasteiger partial charge on any atom is 0.136 e. The minimum Gasteiger partial charge on any atom is -0.392 e. The van der Waals surface area contributed by atoms with E-state index in [2.05, 4.69) is 32.5 Å². The molecule has 0 aliphatic heterocycles. The number of rotatable bonds is 7. The summed E-state index contributed by atoms with van der Waals surface area (Å²) in [5.74, 6) is 2.09. The maximum absolute atomic E-state index is 11.9. The van der Waals surface area contributed by atoms with Gasteiger partial charge in [-0.05, 0) is 30.6 Å². The highest BCUT2D eigenvalue weighted by atomic mass is 16.6. The Hall–Kier alpha value is -1.12. The zero-order valence-electron chi connectivity index (χ0n) is 11.8. The van der Waals surface area contributed by atoms with Crippen molar-refractivity contribution in [2.24, 2.45) is 28.8 Å². The van der Waals surface area contributed by atoms with Crippen molar-refractivity contribution in [2.45, 2.75) is 40.0 Å². The molecule has 1 aliphatic carbocycles. The Kier molecular flexibility index (Phi) is 6.10. The second-order valence-electron chi connectivity index (χ2n) is 5.45. The Morgan fingerprint density at radius 3 is 2.83 bits per heavy atom. The third-order valence-corrected chi connectivity index (χ3v) is 4.11. The summed E-state index contributed by atoms with van der Waals surface area (Å²) >= 11 is 0. The van der Waals surface area contributed by atoms with Crippen molar-refractivity contribution < 1.29 is 9.63 Å². The molecule has 1 aliphatic rings. The zero-order valence-corrected chi connectivity index (χ0v) is 11.8. The van der Waals surface area contributed by atoms with Crippen LogP contribution in [0.5, 0.6) is 0 Å². The fraction of sp³-hybridized carbons (Fsp3) is 0.733. The first-order valence-electron chi connectivity index (χ1n) is 6.85. The molecule has 0 aromatic rings. The molecule has 1 fully saturated rings. The van der Waals surface area contributed by atoms with Crippen molar-refractivity contribution in [2.75, 3.05) is 6.61 Å². The summed E-state index contributed by atoms with van der Waals surface area (Å²) < 4.78 is 0. The molecule has 3 nitrogen and oxygen atoms in total. The van der Waals surface area contributed by atoms with Gasteiger partial charge in [-0.2, -0.15) is 0 Å². The lowest BCUT2D eigenvalue weighted by Crippen LogP contribution is -2.26. The molecular weight excluding hydrogens is 226 g/mol. The summed E-state index contributed by atoms with van der Waals surface area (Å²) in [6.07, 6.45) is 6.14. The van der Waals surface area contributed by atoms with Crippen LogP contribution in [0.15, 0.2) is 17.8 Å². The van der Waals surface area contributed by atoms with Crippen molar-refractivity contribution >= 4 is 12.0 Å². The highest BCUT2D eigenvalue weighted by molar-refractivity contribution is 5.83. The van der Waals surface area contributed by atoms with E-state index in [0.29, 0.717) is 30.1 Å². The Morgan fingerprint density at radius 2 is 2.28 bits per heavy atom. The van der Waals surface area contributed by atoms with E-state index in [1.165, 1.54) is 0 Å². The molecule has 0 aromatic heterocycles. The number of carbonyl (C=O) groups is 1. The molecule has 1 saturated carbocycles. The lowest BCUT2D eigenvalue weighted by Gasteiger charge is -2.26. The van der Waals surface area contributed by atoms with Gasteiger partial charge in [-0.3, -0.25) is 4.79 Å². The number of Topliss-reactive ketones (excluding diaryl/α,β-unsaturated/α-hetero) is 1. The number of ketones is 1. The molecular formula is C15H25NO2. The van der Waals surface area contributed by atoms with Crippen LogP contribution in [-0.2, 0) is 9.63 Å². The van der Waals surface area contributed by atoms with Crippen molar-refractivity contribution in [3.05, 3.63) is 12.7 Å². The van der Waals surface area contributed by atoms with E-state index in [0.717, 1.165) is 19.3 Å². The molecule has 102 valence electrons. The Balaban J connectivity index is 2.40. The predicted molar refractivity (Wildman–Crippen MR) is 74.5 cm³/mol. The van der Waals surface area contributed by atoms with Crippen LogP contribution in [0.3, 0.4) is 0 Å². The van der Waals surface area contributed by atoms with Crippen LogP contribution in [0.1, 0.15) is 40.0 Å². The Bertz CT molecular complexity index is 312. The first-order chi connectivity index (χ1) is 8.57. The summed E-state index contributed by atoms with van der Waals surface area (Å²) in [7, 11) is 0. The average Bonchev–Trinajstić information content (AvgIpc) is 2.67. The van der Waals surface area contributed by atoms with E-state index in [1.54, 1.807) is 12.3 Å². The minimum absolute atomic E-state index is 0.238. The summed E-state index contributed by atoms with van der Waals surface area (Å²) in [6.45, 7) is 10.6. The van der Waals surface area contributed by atoms with Crippen LogP contribution in [0.4, 0.5) is 0 Å². The third kappa shape index (κ3) is 3.97. The molecule has 1 rings (SSSR count). The van der Waals surface area contributed by atoms with E-state index in [-0.39, 0.29) is 5.92 Å². The monoisotopic (exact) mass is 251 g/mol. The van der Waals surface area contributed by atoms with Crippen LogP contribution in [0.2, 0.25) is 0 Å². The molecule has 0 radical (unpaired) electrons. The molecule has 4 atom stereocenters. The molecule has 0 bridgehead atoms. The van der Waals surface area contributed by atoms with Gasteiger partial charge >= 0.3 is 0 Å². The van der Waals surface area contributed by atoms with Gasteiger partial charge in [0.1, 0.15) is 12.4 Å². The van der Waals surface area contributed by atoms with Gasteiger partial charge < -0.3 is 4.84 Å². The van der Waals surface area contributed by atoms with Crippen LogP contribution >= 0.6 is 0 Å². The van der Waals surface area contributed by atoms with Crippen molar-refractivity contribution in [1.82, 2.24) is 0 Å². The Labute approximate surface area is 110 Å². The number of nitrogens with zero attached hydrogens (tertiary/aromatic N) is 1.